The predicted octanol–water partition coefficient (Wildman–Crippen LogP) is 4.27. The number of phenols is 1. The highest BCUT2D eigenvalue weighted by Gasteiger charge is 2.31. The highest BCUT2D eigenvalue weighted by Crippen LogP contribution is 2.37. The van der Waals surface area contributed by atoms with Crippen molar-refractivity contribution in [3.8, 4) is 16.9 Å². The quantitative estimate of drug-likeness (QED) is 0.719. The Morgan fingerprint density at radius 3 is 2.52 bits per heavy atom. The number of hydrogen-bond acceptors (Lipinski definition) is 3. The molecule has 130 valence electrons. The summed E-state index contributed by atoms with van der Waals surface area (Å²) in [5, 5.41) is 10.9. The highest BCUT2D eigenvalue weighted by molar-refractivity contribution is 6.10. The lowest BCUT2D eigenvalue weighted by Crippen LogP contribution is -2.20. The largest absolute Gasteiger partial charge is 0.507 e. The second kappa shape index (κ2) is 6.16. The van der Waals surface area contributed by atoms with Crippen LogP contribution < -0.4 is 0 Å². The first-order valence-corrected chi connectivity index (χ1v) is 7.38. The molecule has 3 aromatic rings. The minimum Gasteiger partial charge on any atom is -0.507 e. The van der Waals surface area contributed by atoms with E-state index in [0.29, 0.717) is 16.5 Å². The molecule has 0 aliphatic heterocycles. The molecule has 0 spiro atoms. The van der Waals surface area contributed by atoms with Gasteiger partial charge >= 0.3 is 12.1 Å². The summed E-state index contributed by atoms with van der Waals surface area (Å²) in [5.41, 5.74) is 1.50. The smallest absolute Gasteiger partial charge is 0.422 e. The number of benzene rings is 2. The fourth-order valence-corrected chi connectivity index (χ4v) is 2.74. The number of aromatic hydroxyl groups is 1. The fourth-order valence-electron chi connectivity index (χ4n) is 2.74. The first kappa shape index (κ1) is 16.9. The molecular weight excluding hydrogens is 335 g/mol. The molecule has 2 aromatic carbocycles. The monoisotopic (exact) mass is 349 g/mol. The highest BCUT2D eigenvalue weighted by atomic mass is 19.4. The molecule has 0 aliphatic carbocycles. The number of aryl methyl sites for hydroxylation is 1. The normalized spacial score (nSPS) is 11.7. The van der Waals surface area contributed by atoms with Crippen molar-refractivity contribution in [2.45, 2.75) is 6.18 Å². The number of halogens is 3. The van der Waals surface area contributed by atoms with E-state index in [4.69, 9.17) is 0 Å². The van der Waals surface area contributed by atoms with Gasteiger partial charge < -0.3 is 14.4 Å². The molecule has 25 heavy (non-hydrogen) atoms. The number of nitrogens with zero attached hydrogens (tertiary/aromatic N) is 1. The Hall–Kier alpha value is -2.96. The molecule has 0 atom stereocenters. The Morgan fingerprint density at radius 2 is 1.88 bits per heavy atom. The SMILES string of the molecule is Cn1ccc2c(-c3ccccc3)cc(O)c(C(=O)OCC(F)(F)F)c21. The summed E-state index contributed by atoms with van der Waals surface area (Å²) in [5.74, 6) is -1.65. The van der Waals surface area contributed by atoms with Crippen LogP contribution in [0.3, 0.4) is 0 Å². The lowest BCUT2D eigenvalue weighted by atomic mass is 9.98. The molecule has 0 bridgehead atoms. The van der Waals surface area contributed by atoms with E-state index in [1.54, 1.807) is 23.9 Å². The van der Waals surface area contributed by atoms with Crippen LogP contribution in [-0.4, -0.2) is 28.4 Å². The van der Waals surface area contributed by atoms with Crippen LogP contribution in [0, 0.1) is 0 Å². The van der Waals surface area contributed by atoms with Crippen LogP contribution in [0.1, 0.15) is 10.4 Å². The molecule has 3 rings (SSSR count). The van der Waals surface area contributed by atoms with Gasteiger partial charge in [-0.1, -0.05) is 30.3 Å². The Balaban J connectivity index is 2.14. The molecule has 0 amide bonds. The maximum absolute atomic E-state index is 12.3. The summed E-state index contributed by atoms with van der Waals surface area (Å²) in [4.78, 5) is 12.1. The molecule has 1 aromatic heterocycles. The molecule has 0 aliphatic rings. The third kappa shape index (κ3) is 3.31. The van der Waals surface area contributed by atoms with E-state index in [-0.39, 0.29) is 5.56 Å². The van der Waals surface area contributed by atoms with E-state index in [1.807, 2.05) is 30.3 Å². The first-order chi connectivity index (χ1) is 11.8. The summed E-state index contributed by atoms with van der Waals surface area (Å²) in [6.07, 6.45) is -2.97. The summed E-state index contributed by atoms with van der Waals surface area (Å²) in [7, 11) is 1.64. The number of phenolic OH excluding ortho intramolecular Hbond substituents is 1. The number of esters is 1. The van der Waals surface area contributed by atoms with E-state index in [9.17, 15) is 23.1 Å². The maximum atomic E-state index is 12.3. The summed E-state index contributed by atoms with van der Waals surface area (Å²) < 4.78 is 42.8. The molecule has 7 heteroatoms. The van der Waals surface area contributed by atoms with Gasteiger partial charge in [-0.3, -0.25) is 0 Å². The maximum Gasteiger partial charge on any atom is 0.422 e. The number of ether oxygens (including phenoxy) is 1. The lowest BCUT2D eigenvalue weighted by Gasteiger charge is -2.13. The molecule has 0 radical (unpaired) electrons. The zero-order valence-corrected chi connectivity index (χ0v) is 13.2. The topological polar surface area (TPSA) is 51.5 Å². The Labute approximate surface area is 141 Å². The van der Waals surface area contributed by atoms with Crippen molar-refractivity contribution < 1.29 is 27.8 Å². The molecule has 0 unspecified atom stereocenters. The molecule has 0 fully saturated rings. The van der Waals surface area contributed by atoms with Crippen LogP contribution in [0.15, 0.2) is 48.7 Å². The number of aromatic nitrogens is 1. The second-order valence-corrected chi connectivity index (χ2v) is 5.56. The van der Waals surface area contributed by atoms with Crippen molar-refractivity contribution in [2.24, 2.45) is 7.05 Å². The third-order valence-corrected chi connectivity index (χ3v) is 3.79. The van der Waals surface area contributed by atoms with Crippen molar-refractivity contribution >= 4 is 16.9 Å². The van der Waals surface area contributed by atoms with Crippen LogP contribution in [0.5, 0.6) is 5.75 Å². The van der Waals surface area contributed by atoms with Crippen LogP contribution in [0.2, 0.25) is 0 Å². The van der Waals surface area contributed by atoms with Gasteiger partial charge in [0.2, 0.25) is 0 Å². The van der Waals surface area contributed by atoms with Crippen molar-refractivity contribution in [1.29, 1.82) is 0 Å². The van der Waals surface area contributed by atoms with Crippen molar-refractivity contribution in [3.63, 3.8) is 0 Å². The average Bonchev–Trinajstić information content (AvgIpc) is 2.94. The van der Waals surface area contributed by atoms with Crippen LogP contribution >= 0.6 is 0 Å². The lowest BCUT2D eigenvalue weighted by molar-refractivity contribution is -0.161. The molecule has 1 N–H and O–H groups in total. The molecule has 4 nitrogen and oxygen atoms in total. The van der Waals surface area contributed by atoms with Gasteiger partial charge in [0.05, 0.1) is 5.52 Å². The Morgan fingerprint density at radius 1 is 1.20 bits per heavy atom. The first-order valence-electron chi connectivity index (χ1n) is 7.38. The third-order valence-electron chi connectivity index (χ3n) is 3.79. The van der Waals surface area contributed by atoms with Crippen molar-refractivity contribution in [2.75, 3.05) is 6.61 Å². The van der Waals surface area contributed by atoms with Crippen LogP contribution in [0.25, 0.3) is 22.0 Å². The van der Waals surface area contributed by atoms with Gasteiger partial charge in [-0.15, -0.1) is 0 Å². The fraction of sp³-hybridized carbons (Fsp3) is 0.167. The second-order valence-electron chi connectivity index (χ2n) is 5.56. The zero-order valence-electron chi connectivity index (χ0n) is 13.2. The summed E-state index contributed by atoms with van der Waals surface area (Å²) >= 11 is 0. The van der Waals surface area contributed by atoms with Gasteiger partial charge in [-0.2, -0.15) is 13.2 Å². The Kier molecular flexibility index (Phi) is 4.16. The van der Waals surface area contributed by atoms with Gasteiger partial charge in [-0.25, -0.2) is 4.79 Å². The number of carbonyl (C=O) groups excluding carboxylic acids is 1. The Bertz CT molecular complexity index is 930. The number of rotatable bonds is 3. The molecule has 0 saturated heterocycles. The average molecular weight is 349 g/mol. The zero-order chi connectivity index (χ0) is 18.2. The van der Waals surface area contributed by atoms with Crippen LogP contribution in [-0.2, 0) is 11.8 Å². The van der Waals surface area contributed by atoms with E-state index in [1.165, 1.54) is 6.07 Å². The summed E-state index contributed by atoms with van der Waals surface area (Å²) in [6, 6.07) is 12.3. The van der Waals surface area contributed by atoms with Crippen molar-refractivity contribution in [3.05, 3.63) is 54.2 Å². The van der Waals surface area contributed by atoms with Crippen LogP contribution in [0.4, 0.5) is 13.2 Å². The van der Waals surface area contributed by atoms with E-state index in [2.05, 4.69) is 4.74 Å². The number of alkyl halides is 3. The number of fused-ring (bicyclic) bond motifs is 1. The minimum absolute atomic E-state index is 0.286. The van der Waals surface area contributed by atoms with Gasteiger partial charge in [-0.05, 0) is 23.3 Å². The van der Waals surface area contributed by atoms with Gasteiger partial charge in [0.1, 0.15) is 11.3 Å². The van der Waals surface area contributed by atoms with Gasteiger partial charge in [0, 0.05) is 18.6 Å². The molecule has 0 saturated carbocycles. The summed E-state index contributed by atoms with van der Waals surface area (Å²) in [6.45, 7) is -1.71. The van der Waals surface area contributed by atoms with E-state index >= 15 is 0 Å². The van der Waals surface area contributed by atoms with E-state index in [0.717, 1.165) is 5.56 Å². The number of carbonyl (C=O) groups is 1. The number of hydrogen-bond donors (Lipinski definition) is 1. The standard InChI is InChI=1S/C18H14F3NO3/c1-22-8-7-12-13(11-5-3-2-4-6-11)9-14(23)15(16(12)22)17(24)25-10-18(19,20)21/h2-9,23H,10H2,1H3. The molecular formula is C18H14F3NO3. The minimum atomic E-state index is -4.64. The van der Waals surface area contributed by atoms with E-state index < -0.39 is 24.5 Å². The van der Waals surface area contributed by atoms with Gasteiger partial charge in [0.25, 0.3) is 0 Å². The predicted molar refractivity (Wildman–Crippen MR) is 86.4 cm³/mol. The van der Waals surface area contributed by atoms with Crippen molar-refractivity contribution in [1.82, 2.24) is 4.57 Å². The molecule has 1 heterocycles. The van der Waals surface area contributed by atoms with Gasteiger partial charge in [0.15, 0.2) is 6.61 Å².